The van der Waals surface area contributed by atoms with Crippen molar-refractivity contribution in [3.05, 3.63) is 28.6 Å². The Balaban J connectivity index is 2.60. The molecule has 0 aliphatic carbocycles. The number of nitrogens with zero attached hydrogens (tertiary/aromatic N) is 1. The fraction of sp³-hybridized carbons (Fsp3) is 0.667. The average Bonchev–Trinajstić information content (AvgIpc) is 2.55. The molecule has 1 aromatic heterocycles. The Bertz CT molecular complexity index is 423. The zero-order valence-corrected chi connectivity index (χ0v) is 11.7. The van der Waals surface area contributed by atoms with Gasteiger partial charge in [-0.15, -0.1) is 0 Å². The molecule has 0 N–H and O–H groups in total. The minimum Gasteiger partial charge on any atom is -0.364 e. The molecule has 2 heteroatoms. The first-order valence-electron chi connectivity index (χ1n) is 6.58. The van der Waals surface area contributed by atoms with E-state index in [-0.39, 0.29) is 12.2 Å². The van der Waals surface area contributed by atoms with Crippen molar-refractivity contribution in [2.45, 2.75) is 59.7 Å². The molecule has 1 aliphatic rings. The third kappa shape index (κ3) is 2.11. The molecule has 2 rings (SSSR count). The van der Waals surface area contributed by atoms with Gasteiger partial charge in [0.15, 0.2) is 0 Å². The van der Waals surface area contributed by atoms with Gasteiger partial charge in [-0.2, -0.15) is 0 Å². The minimum absolute atomic E-state index is 0.134. The number of hydrogen-bond donors (Lipinski definition) is 0. The molecular formula is C15H23NO. The maximum absolute atomic E-state index is 6.08. The van der Waals surface area contributed by atoms with Gasteiger partial charge in [-0.25, -0.2) is 0 Å². The first-order valence-corrected chi connectivity index (χ1v) is 6.58. The van der Waals surface area contributed by atoms with E-state index >= 15 is 0 Å². The van der Waals surface area contributed by atoms with Crippen LogP contribution in [0.4, 0.5) is 0 Å². The quantitative estimate of drug-likeness (QED) is 0.759. The lowest BCUT2D eigenvalue weighted by atomic mass is 9.89. The highest BCUT2D eigenvalue weighted by Crippen LogP contribution is 2.45. The molecule has 0 spiro atoms. The normalized spacial score (nSPS) is 23.5. The van der Waals surface area contributed by atoms with Crippen molar-refractivity contribution in [2.24, 2.45) is 5.92 Å². The van der Waals surface area contributed by atoms with E-state index in [1.54, 1.807) is 0 Å². The van der Waals surface area contributed by atoms with Crippen molar-refractivity contribution >= 4 is 0 Å². The van der Waals surface area contributed by atoms with Crippen LogP contribution in [0, 0.1) is 12.8 Å². The molecule has 0 saturated heterocycles. The highest BCUT2D eigenvalue weighted by molar-refractivity contribution is 5.40. The highest BCUT2D eigenvalue weighted by Gasteiger charge is 2.35. The third-order valence-electron chi connectivity index (χ3n) is 3.50. The predicted octanol–water partition coefficient (Wildman–Crippen LogP) is 4.30. The number of rotatable bonds is 2. The van der Waals surface area contributed by atoms with Crippen LogP contribution in [0.2, 0.25) is 0 Å². The summed E-state index contributed by atoms with van der Waals surface area (Å²) in [7, 11) is 0. The molecule has 1 unspecified atom stereocenters. The lowest BCUT2D eigenvalue weighted by Gasteiger charge is -2.20. The Kier molecular flexibility index (Phi) is 3.26. The van der Waals surface area contributed by atoms with Crippen LogP contribution in [0.15, 0.2) is 6.07 Å². The summed E-state index contributed by atoms with van der Waals surface area (Å²) in [5.74, 6) is 1.03. The molecule has 0 amide bonds. The van der Waals surface area contributed by atoms with E-state index in [4.69, 9.17) is 4.74 Å². The smallest absolute Gasteiger partial charge is 0.0979 e. The standard InChI is InChI=1S/C15H23NO/c1-8(2)12-7-10(5)16-14-11(6)17-15(9(3)4)13(12)14/h7-9,11,15H,1-6H3/t11-,15?/m0/s1. The van der Waals surface area contributed by atoms with E-state index in [9.17, 15) is 0 Å². The summed E-state index contributed by atoms with van der Waals surface area (Å²) in [6.45, 7) is 13.1. The fourth-order valence-corrected chi connectivity index (χ4v) is 2.67. The van der Waals surface area contributed by atoms with Crippen molar-refractivity contribution in [1.82, 2.24) is 4.98 Å². The molecule has 2 atom stereocenters. The maximum Gasteiger partial charge on any atom is 0.0979 e. The van der Waals surface area contributed by atoms with Crippen LogP contribution < -0.4 is 0 Å². The van der Waals surface area contributed by atoms with Crippen LogP contribution in [0.1, 0.15) is 75.3 Å². The van der Waals surface area contributed by atoms with Crippen molar-refractivity contribution in [1.29, 1.82) is 0 Å². The zero-order valence-electron chi connectivity index (χ0n) is 11.7. The van der Waals surface area contributed by atoms with Gasteiger partial charge in [0.25, 0.3) is 0 Å². The van der Waals surface area contributed by atoms with Gasteiger partial charge in [0.1, 0.15) is 0 Å². The topological polar surface area (TPSA) is 22.1 Å². The molecule has 2 heterocycles. The summed E-state index contributed by atoms with van der Waals surface area (Å²) in [6, 6.07) is 2.22. The van der Waals surface area contributed by atoms with Crippen molar-refractivity contribution in [3.63, 3.8) is 0 Å². The second kappa shape index (κ2) is 4.41. The number of aryl methyl sites for hydroxylation is 1. The molecular weight excluding hydrogens is 210 g/mol. The number of pyridine rings is 1. The molecule has 0 fully saturated rings. The molecule has 0 bridgehead atoms. The van der Waals surface area contributed by atoms with Crippen LogP contribution >= 0.6 is 0 Å². The van der Waals surface area contributed by atoms with Crippen LogP contribution in [-0.2, 0) is 4.74 Å². The first kappa shape index (κ1) is 12.6. The van der Waals surface area contributed by atoms with Gasteiger partial charge in [0.2, 0.25) is 0 Å². The van der Waals surface area contributed by atoms with Crippen LogP contribution in [0.3, 0.4) is 0 Å². The van der Waals surface area contributed by atoms with Gasteiger partial charge in [0.05, 0.1) is 17.9 Å². The minimum atomic E-state index is 0.134. The lowest BCUT2D eigenvalue weighted by Crippen LogP contribution is -2.09. The zero-order chi connectivity index (χ0) is 12.7. The van der Waals surface area contributed by atoms with Gasteiger partial charge in [0, 0.05) is 11.3 Å². The monoisotopic (exact) mass is 233 g/mol. The van der Waals surface area contributed by atoms with Gasteiger partial charge >= 0.3 is 0 Å². The van der Waals surface area contributed by atoms with E-state index < -0.39 is 0 Å². The molecule has 1 aromatic rings. The summed E-state index contributed by atoms with van der Waals surface area (Å²) in [4.78, 5) is 4.69. The first-order chi connectivity index (χ1) is 7.91. The Morgan fingerprint density at radius 2 is 1.88 bits per heavy atom. The highest BCUT2D eigenvalue weighted by atomic mass is 16.5. The second-order valence-corrected chi connectivity index (χ2v) is 5.75. The SMILES string of the molecule is Cc1cc(C(C)C)c2c(n1)[C@H](C)OC2C(C)C. The van der Waals surface area contributed by atoms with Crippen LogP contribution in [-0.4, -0.2) is 4.98 Å². The van der Waals surface area contributed by atoms with Gasteiger partial charge in [-0.05, 0) is 37.3 Å². The number of fused-ring (bicyclic) bond motifs is 1. The fourth-order valence-electron chi connectivity index (χ4n) is 2.67. The Labute approximate surface area is 104 Å². The van der Waals surface area contributed by atoms with E-state index in [1.807, 2.05) is 0 Å². The third-order valence-corrected chi connectivity index (χ3v) is 3.50. The van der Waals surface area contributed by atoms with Crippen molar-refractivity contribution < 1.29 is 4.74 Å². The predicted molar refractivity (Wildman–Crippen MR) is 70.1 cm³/mol. The van der Waals surface area contributed by atoms with Gasteiger partial charge < -0.3 is 4.74 Å². The van der Waals surface area contributed by atoms with E-state index in [1.165, 1.54) is 11.1 Å². The Morgan fingerprint density at radius 1 is 1.24 bits per heavy atom. The number of ether oxygens (including phenoxy) is 1. The van der Waals surface area contributed by atoms with Crippen molar-refractivity contribution in [3.8, 4) is 0 Å². The summed E-state index contributed by atoms with van der Waals surface area (Å²) >= 11 is 0. The summed E-state index contributed by atoms with van der Waals surface area (Å²) < 4.78 is 6.08. The molecule has 94 valence electrons. The largest absolute Gasteiger partial charge is 0.364 e. The number of aromatic nitrogens is 1. The molecule has 0 radical (unpaired) electrons. The summed E-state index contributed by atoms with van der Waals surface area (Å²) in [5.41, 5.74) is 5.03. The number of hydrogen-bond acceptors (Lipinski definition) is 2. The van der Waals surface area contributed by atoms with E-state index in [0.717, 1.165) is 11.4 Å². The van der Waals surface area contributed by atoms with Crippen molar-refractivity contribution in [2.75, 3.05) is 0 Å². The lowest BCUT2D eigenvalue weighted by molar-refractivity contribution is -0.00582. The summed E-state index contributed by atoms with van der Waals surface area (Å²) in [6.07, 6.45) is 0.347. The van der Waals surface area contributed by atoms with Gasteiger partial charge in [-0.1, -0.05) is 27.7 Å². The molecule has 0 saturated carbocycles. The molecule has 1 aliphatic heterocycles. The molecule has 0 aromatic carbocycles. The molecule has 17 heavy (non-hydrogen) atoms. The molecule has 2 nitrogen and oxygen atoms in total. The maximum atomic E-state index is 6.08. The second-order valence-electron chi connectivity index (χ2n) is 5.75. The average molecular weight is 233 g/mol. The Morgan fingerprint density at radius 3 is 2.41 bits per heavy atom. The van der Waals surface area contributed by atoms with E-state index in [0.29, 0.717) is 11.8 Å². The van der Waals surface area contributed by atoms with E-state index in [2.05, 4.69) is 52.6 Å². The van der Waals surface area contributed by atoms with Gasteiger partial charge in [-0.3, -0.25) is 4.98 Å². The van der Waals surface area contributed by atoms with Crippen LogP contribution in [0.5, 0.6) is 0 Å². The summed E-state index contributed by atoms with van der Waals surface area (Å²) in [5, 5.41) is 0. The van der Waals surface area contributed by atoms with Crippen LogP contribution in [0.25, 0.3) is 0 Å². The Hall–Kier alpha value is -0.890.